The number of carbonyl (C=O) groups excluding carboxylic acids is 1. The predicted octanol–water partition coefficient (Wildman–Crippen LogP) is 1.85. The molecule has 2 fully saturated rings. The van der Waals surface area contributed by atoms with Crippen molar-refractivity contribution in [2.24, 2.45) is 11.3 Å². The van der Waals surface area contributed by atoms with E-state index >= 15 is 0 Å². The quantitative estimate of drug-likeness (QED) is 0.891. The molecule has 0 spiro atoms. The van der Waals surface area contributed by atoms with Crippen LogP contribution in [0.2, 0.25) is 0 Å². The van der Waals surface area contributed by atoms with Gasteiger partial charge in [-0.3, -0.25) is 4.79 Å². The molecule has 0 radical (unpaired) electrons. The molecule has 2 aliphatic heterocycles. The van der Waals surface area contributed by atoms with Gasteiger partial charge in [0.05, 0.1) is 13.2 Å². The number of hydrogen-bond donors (Lipinski definition) is 1. The van der Waals surface area contributed by atoms with Gasteiger partial charge in [-0.05, 0) is 38.7 Å². The fraction of sp³-hybridized carbons (Fsp3) is 0.722. The van der Waals surface area contributed by atoms with Crippen LogP contribution in [0.1, 0.15) is 37.6 Å². The fourth-order valence-corrected chi connectivity index (χ4v) is 3.38. The van der Waals surface area contributed by atoms with Gasteiger partial charge in [0.15, 0.2) is 0 Å². The number of anilines is 1. The Balaban J connectivity index is 1.44. The molecule has 2 saturated heterocycles. The number of nitrogens with zero attached hydrogens (tertiary/aromatic N) is 3. The highest BCUT2D eigenvalue weighted by molar-refractivity contribution is 5.76. The van der Waals surface area contributed by atoms with E-state index in [4.69, 9.17) is 4.74 Å². The van der Waals surface area contributed by atoms with E-state index in [1.54, 1.807) is 0 Å². The van der Waals surface area contributed by atoms with Gasteiger partial charge in [0.25, 0.3) is 0 Å². The molecule has 0 saturated carbocycles. The van der Waals surface area contributed by atoms with Crippen molar-refractivity contribution in [2.75, 3.05) is 37.7 Å². The number of aromatic nitrogens is 2. The number of nitrogens with one attached hydrogen (secondary N) is 1. The summed E-state index contributed by atoms with van der Waals surface area (Å²) in [5.41, 5.74) is 2.15. The Morgan fingerprint density at radius 1 is 1.29 bits per heavy atom. The van der Waals surface area contributed by atoms with E-state index in [0.717, 1.165) is 63.0 Å². The van der Waals surface area contributed by atoms with Crippen LogP contribution < -0.4 is 10.2 Å². The average Bonchev–Trinajstić information content (AvgIpc) is 2.51. The van der Waals surface area contributed by atoms with Gasteiger partial charge in [0.1, 0.15) is 0 Å². The van der Waals surface area contributed by atoms with Crippen LogP contribution in [0.3, 0.4) is 0 Å². The molecular formula is C18H28N4O2. The highest BCUT2D eigenvalue weighted by atomic mass is 16.5. The molecule has 0 atom stereocenters. The SMILES string of the molecule is Cc1cc(C)nc(N2CCC(CC(=O)NCC3(C)COC3)CC2)n1. The third kappa shape index (κ3) is 4.23. The van der Waals surface area contributed by atoms with Gasteiger partial charge in [-0.2, -0.15) is 0 Å². The molecule has 0 aliphatic carbocycles. The van der Waals surface area contributed by atoms with Gasteiger partial charge in [-0.15, -0.1) is 0 Å². The minimum Gasteiger partial charge on any atom is -0.380 e. The molecule has 1 aromatic rings. The molecule has 132 valence electrons. The number of piperidine rings is 1. The van der Waals surface area contributed by atoms with Crippen molar-refractivity contribution in [3.63, 3.8) is 0 Å². The van der Waals surface area contributed by atoms with Crippen molar-refractivity contribution < 1.29 is 9.53 Å². The second-order valence-corrected chi connectivity index (χ2v) is 7.67. The first kappa shape index (κ1) is 17.1. The third-order valence-electron chi connectivity index (χ3n) is 4.96. The van der Waals surface area contributed by atoms with Crippen LogP contribution in [0.25, 0.3) is 0 Å². The van der Waals surface area contributed by atoms with E-state index in [9.17, 15) is 4.79 Å². The molecule has 3 heterocycles. The summed E-state index contributed by atoms with van der Waals surface area (Å²) in [6, 6.07) is 1.99. The van der Waals surface area contributed by atoms with E-state index < -0.39 is 0 Å². The Morgan fingerprint density at radius 2 is 1.92 bits per heavy atom. The maximum Gasteiger partial charge on any atom is 0.225 e. The lowest BCUT2D eigenvalue weighted by atomic mass is 9.88. The van der Waals surface area contributed by atoms with Crippen LogP contribution in [0.5, 0.6) is 0 Å². The van der Waals surface area contributed by atoms with Crippen LogP contribution in [0.15, 0.2) is 6.07 Å². The zero-order chi connectivity index (χ0) is 17.2. The lowest BCUT2D eigenvalue weighted by Crippen LogP contribution is -2.49. The number of aryl methyl sites for hydroxylation is 2. The summed E-state index contributed by atoms with van der Waals surface area (Å²) < 4.78 is 5.22. The van der Waals surface area contributed by atoms with Crippen molar-refractivity contribution in [3.05, 3.63) is 17.5 Å². The molecule has 0 aromatic carbocycles. The van der Waals surface area contributed by atoms with Crippen LogP contribution >= 0.6 is 0 Å². The summed E-state index contributed by atoms with van der Waals surface area (Å²) in [5.74, 6) is 1.45. The Labute approximate surface area is 144 Å². The first-order chi connectivity index (χ1) is 11.4. The molecule has 6 nitrogen and oxygen atoms in total. The van der Waals surface area contributed by atoms with Gasteiger partial charge in [-0.1, -0.05) is 6.92 Å². The van der Waals surface area contributed by atoms with Gasteiger partial charge >= 0.3 is 0 Å². The second-order valence-electron chi connectivity index (χ2n) is 7.67. The fourth-order valence-electron chi connectivity index (χ4n) is 3.38. The monoisotopic (exact) mass is 332 g/mol. The number of ether oxygens (including phenoxy) is 1. The highest BCUT2D eigenvalue weighted by Gasteiger charge is 2.33. The molecule has 0 unspecified atom stereocenters. The van der Waals surface area contributed by atoms with Crippen molar-refractivity contribution in [1.82, 2.24) is 15.3 Å². The first-order valence-electron chi connectivity index (χ1n) is 8.85. The normalized spacial score (nSPS) is 20.5. The highest BCUT2D eigenvalue weighted by Crippen LogP contribution is 2.26. The van der Waals surface area contributed by atoms with E-state index in [-0.39, 0.29) is 11.3 Å². The zero-order valence-electron chi connectivity index (χ0n) is 15.0. The van der Waals surface area contributed by atoms with Crippen molar-refractivity contribution in [3.8, 4) is 0 Å². The van der Waals surface area contributed by atoms with Crippen molar-refractivity contribution in [1.29, 1.82) is 0 Å². The van der Waals surface area contributed by atoms with Crippen LogP contribution in [0.4, 0.5) is 5.95 Å². The number of carbonyl (C=O) groups is 1. The summed E-state index contributed by atoms with van der Waals surface area (Å²) in [6.45, 7) is 10.2. The Morgan fingerprint density at radius 3 is 2.46 bits per heavy atom. The van der Waals surface area contributed by atoms with Crippen molar-refractivity contribution in [2.45, 2.75) is 40.0 Å². The molecule has 2 aliphatic rings. The van der Waals surface area contributed by atoms with Gasteiger partial charge < -0.3 is 15.0 Å². The van der Waals surface area contributed by atoms with E-state index in [1.165, 1.54) is 0 Å². The second kappa shape index (κ2) is 7.05. The van der Waals surface area contributed by atoms with Crippen LogP contribution in [-0.4, -0.2) is 48.7 Å². The lowest BCUT2D eigenvalue weighted by molar-refractivity contribution is -0.127. The van der Waals surface area contributed by atoms with Crippen molar-refractivity contribution >= 4 is 11.9 Å². The first-order valence-corrected chi connectivity index (χ1v) is 8.85. The topological polar surface area (TPSA) is 67.4 Å². The summed E-state index contributed by atoms with van der Waals surface area (Å²) in [7, 11) is 0. The standard InChI is InChI=1S/C18H28N4O2/c1-13-8-14(2)21-17(20-13)22-6-4-15(5-7-22)9-16(23)19-10-18(3)11-24-12-18/h8,15H,4-7,9-12H2,1-3H3,(H,19,23). The Bertz CT molecular complexity index is 572. The van der Waals surface area contributed by atoms with E-state index in [2.05, 4.69) is 27.1 Å². The minimum atomic E-state index is 0.138. The molecule has 0 bridgehead atoms. The molecule has 6 heteroatoms. The summed E-state index contributed by atoms with van der Waals surface area (Å²) in [6.07, 6.45) is 2.66. The summed E-state index contributed by atoms with van der Waals surface area (Å²) in [4.78, 5) is 23.5. The lowest BCUT2D eigenvalue weighted by Gasteiger charge is -2.38. The maximum absolute atomic E-state index is 12.1. The number of rotatable bonds is 5. The number of amides is 1. The molecule has 1 amide bonds. The predicted molar refractivity (Wildman–Crippen MR) is 93.0 cm³/mol. The Kier molecular flexibility index (Phi) is 5.04. The number of hydrogen-bond acceptors (Lipinski definition) is 5. The van der Waals surface area contributed by atoms with Crippen LogP contribution in [0, 0.1) is 25.2 Å². The average molecular weight is 332 g/mol. The van der Waals surface area contributed by atoms with E-state index in [0.29, 0.717) is 12.3 Å². The summed E-state index contributed by atoms with van der Waals surface area (Å²) in [5, 5.41) is 3.07. The molecule has 1 N–H and O–H groups in total. The Hall–Kier alpha value is -1.69. The third-order valence-corrected chi connectivity index (χ3v) is 4.96. The maximum atomic E-state index is 12.1. The summed E-state index contributed by atoms with van der Waals surface area (Å²) >= 11 is 0. The van der Waals surface area contributed by atoms with Crippen LogP contribution in [-0.2, 0) is 9.53 Å². The van der Waals surface area contributed by atoms with Gasteiger partial charge in [0.2, 0.25) is 11.9 Å². The van der Waals surface area contributed by atoms with Gasteiger partial charge in [0, 0.05) is 42.9 Å². The molecular weight excluding hydrogens is 304 g/mol. The largest absolute Gasteiger partial charge is 0.380 e. The van der Waals surface area contributed by atoms with Gasteiger partial charge in [-0.25, -0.2) is 9.97 Å². The smallest absolute Gasteiger partial charge is 0.225 e. The molecule has 24 heavy (non-hydrogen) atoms. The van der Waals surface area contributed by atoms with E-state index in [1.807, 2.05) is 19.9 Å². The molecule has 1 aromatic heterocycles. The minimum absolute atomic E-state index is 0.138. The zero-order valence-corrected chi connectivity index (χ0v) is 15.0. The molecule has 3 rings (SSSR count).